The van der Waals surface area contributed by atoms with Gasteiger partial charge in [-0.25, -0.2) is 0 Å². The van der Waals surface area contributed by atoms with E-state index in [4.69, 9.17) is 4.74 Å². The Bertz CT molecular complexity index is 1290. The van der Waals surface area contributed by atoms with Gasteiger partial charge in [0.15, 0.2) is 0 Å². The number of fused-ring (bicyclic) bond motifs is 1. The Morgan fingerprint density at radius 3 is 2.73 bits per heavy atom. The molecule has 0 saturated heterocycles. The maximum absolute atomic E-state index is 12.0. The van der Waals surface area contributed by atoms with Crippen LogP contribution in [0, 0.1) is 6.92 Å². The number of pyridine rings is 2. The summed E-state index contributed by atoms with van der Waals surface area (Å²) in [4.78, 5) is 36.0. The van der Waals surface area contributed by atoms with Crippen molar-refractivity contribution in [1.29, 1.82) is 0 Å². The molecule has 0 atom stereocenters. The van der Waals surface area contributed by atoms with Crippen LogP contribution >= 0.6 is 0 Å². The standard InChI is InChI=1S/C24H24N6O3/c1-4-33-23(32)14-30(15-31)22-7-5-6-16(2)24(22)29(3)17-8-9-20(26-10-17)18-11-25-13-21-19(18)12-27-28-21/h5-13,15H,4,14H2,1-3H3,(H,27,28). The summed E-state index contributed by atoms with van der Waals surface area (Å²) in [5, 5.41) is 7.94. The molecule has 9 nitrogen and oxygen atoms in total. The predicted molar refractivity (Wildman–Crippen MR) is 126 cm³/mol. The van der Waals surface area contributed by atoms with Crippen LogP contribution in [-0.2, 0) is 14.3 Å². The van der Waals surface area contributed by atoms with Crippen molar-refractivity contribution in [2.75, 3.05) is 30.0 Å². The zero-order chi connectivity index (χ0) is 23.4. The number of hydrogen-bond acceptors (Lipinski definition) is 7. The van der Waals surface area contributed by atoms with E-state index < -0.39 is 5.97 Å². The number of amides is 1. The lowest BCUT2D eigenvalue weighted by Crippen LogP contribution is -2.31. The number of ether oxygens (including phenoxy) is 1. The molecule has 4 rings (SSSR count). The maximum Gasteiger partial charge on any atom is 0.326 e. The normalized spacial score (nSPS) is 10.8. The van der Waals surface area contributed by atoms with Crippen molar-refractivity contribution in [3.05, 3.63) is 60.7 Å². The molecule has 9 heteroatoms. The number of benzene rings is 1. The summed E-state index contributed by atoms with van der Waals surface area (Å²) in [6.07, 6.45) is 7.65. The van der Waals surface area contributed by atoms with Gasteiger partial charge in [-0.2, -0.15) is 5.10 Å². The molecule has 0 spiro atoms. The molecule has 3 heterocycles. The third kappa shape index (κ3) is 4.38. The van der Waals surface area contributed by atoms with Crippen molar-refractivity contribution < 1.29 is 14.3 Å². The SMILES string of the molecule is CCOC(=O)CN(C=O)c1cccc(C)c1N(C)c1ccc(-c2cncc3[nH]ncc23)nc1. The molecule has 1 amide bonds. The first kappa shape index (κ1) is 21.9. The highest BCUT2D eigenvalue weighted by atomic mass is 16.5. The van der Waals surface area contributed by atoms with E-state index in [2.05, 4.69) is 20.2 Å². The van der Waals surface area contributed by atoms with Crippen LogP contribution in [0.1, 0.15) is 12.5 Å². The van der Waals surface area contributed by atoms with E-state index in [1.807, 2.05) is 43.1 Å². The molecule has 33 heavy (non-hydrogen) atoms. The van der Waals surface area contributed by atoms with Crippen LogP contribution in [-0.4, -0.2) is 52.7 Å². The molecule has 0 radical (unpaired) electrons. The largest absolute Gasteiger partial charge is 0.465 e. The van der Waals surface area contributed by atoms with Crippen molar-refractivity contribution in [3.8, 4) is 11.3 Å². The van der Waals surface area contributed by atoms with Gasteiger partial charge in [-0.05, 0) is 37.6 Å². The Hall–Kier alpha value is -4.27. The third-order valence-electron chi connectivity index (χ3n) is 5.37. The molecular weight excluding hydrogens is 420 g/mol. The van der Waals surface area contributed by atoms with Crippen molar-refractivity contribution in [3.63, 3.8) is 0 Å². The molecule has 0 aliphatic heterocycles. The number of carbonyl (C=O) groups excluding carboxylic acids is 2. The van der Waals surface area contributed by atoms with Crippen LogP contribution in [0.15, 0.2) is 55.1 Å². The summed E-state index contributed by atoms with van der Waals surface area (Å²) in [6.45, 7) is 3.78. The first-order chi connectivity index (χ1) is 16.0. The average molecular weight is 444 g/mol. The van der Waals surface area contributed by atoms with Gasteiger partial charge in [0.1, 0.15) is 6.54 Å². The van der Waals surface area contributed by atoms with Gasteiger partial charge >= 0.3 is 5.97 Å². The molecule has 3 aromatic heterocycles. The number of aryl methyl sites for hydroxylation is 1. The van der Waals surface area contributed by atoms with Crippen LogP contribution < -0.4 is 9.80 Å². The van der Waals surface area contributed by atoms with E-state index in [1.54, 1.807) is 37.8 Å². The summed E-state index contributed by atoms with van der Waals surface area (Å²) in [5.41, 5.74) is 5.67. The zero-order valence-electron chi connectivity index (χ0n) is 18.6. The number of para-hydroxylation sites is 1. The second kappa shape index (κ2) is 9.47. The Morgan fingerprint density at radius 1 is 1.15 bits per heavy atom. The van der Waals surface area contributed by atoms with E-state index in [1.165, 1.54) is 4.90 Å². The van der Waals surface area contributed by atoms with E-state index >= 15 is 0 Å². The van der Waals surface area contributed by atoms with Crippen molar-refractivity contribution in [1.82, 2.24) is 20.2 Å². The molecule has 1 N–H and O–H groups in total. The highest BCUT2D eigenvalue weighted by molar-refractivity contribution is 5.94. The van der Waals surface area contributed by atoms with Crippen molar-refractivity contribution in [2.24, 2.45) is 0 Å². The maximum atomic E-state index is 12.0. The van der Waals surface area contributed by atoms with Crippen LogP contribution in [0.25, 0.3) is 22.2 Å². The van der Waals surface area contributed by atoms with Gasteiger partial charge < -0.3 is 14.5 Å². The number of aromatic nitrogens is 4. The number of anilines is 3. The lowest BCUT2D eigenvalue weighted by Gasteiger charge is -2.28. The third-order valence-corrected chi connectivity index (χ3v) is 5.37. The molecule has 0 aliphatic rings. The van der Waals surface area contributed by atoms with Gasteiger partial charge in [0.25, 0.3) is 0 Å². The fourth-order valence-electron chi connectivity index (χ4n) is 3.78. The molecule has 1 aromatic carbocycles. The summed E-state index contributed by atoms with van der Waals surface area (Å²) in [5.74, 6) is -0.465. The van der Waals surface area contributed by atoms with Crippen molar-refractivity contribution in [2.45, 2.75) is 13.8 Å². The Kier molecular flexibility index (Phi) is 6.30. The second-order valence-corrected chi connectivity index (χ2v) is 7.46. The summed E-state index contributed by atoms with van der Waals surface area (Å²) in [7, 11) is 1.90. The van der Waals surface area contributed by atoms with E-state index in [9.17, 15) is 9.59 Å². The number of hydrogen-bond donors (Lipinski definition) is 1. The summed E-state index contributed by atoms with van der Waals surface area (Å²) in [6, 6.07) is 9.48. The highest BCUT2D eigenvalue weighted by Gasteiger charge is 2.20. The van der Waals surface area contributed by atoms with Crippen LogP contribution in [0.2, 0.25) is 0 Å². The molecular formula is C24H24N6O3. The fourth-order valence-corrected chi connectivity index (χ4v) is 3.78. The second-order valence-electron chi connectivity index (χ2n) is 7.46. The quantitative estimate of drug-likeness (QED) is 0.327. The molecule has 4 aromatic rings. The van der Waals surface area contributed by atoms with E-state index in [0.29, 0.717) is 12.1 Å². The van der Waals surface area contributed by atoms with Crippen LogP contribution in [0.4, 0.5) is 17.1 Å². The smallest absolute Gasteiger partial charge is 0.326 e. The lowest BCUT2D eigenvalue weighted by atomic mass is 10.1. The number of aromatic amines is 1. The van der Waals surface area contributed by atoms with Crippen LogP contribution in [0.3, 0.4) is 0 Å². The van der Waals surface area contributed by atoms with Gasteiger partial charge in [0.05, 0.1) is 53.5 Å². The summed E-state index contributed by atoms with van der Waals surface area (Å²) < 4.78 is 5.02. The van der Waals surface area contributed by atoms with Gasteiger partial charge in [-0.3, -0.25) is 24.7 Å². The van der Waals surface area contributed by atoms with Crippen LogP contribution in [0.5, 0.6) is 0 Å². The Labute approximate surface area is 191 Å². The highest BCUT2D eigenvalue weighted by Crippen LogP contribution is 2.36. The first-order valence-electron chi connectivity index (χ1n) is 10.5. The average Bonchev–Trinajstić information content (AvgIpc) is 3.31. The number of carbonyl (C=O) groups is 2. The first-order valence-corrected chi connectivity index (χ1v) is 10.5. The fraction of sp³-hybridized carbons (Fsp3) is 0.208. The predicted octanol–water partition coefficient (Wildman–Crippen LogP) is 3.62. The van der Waals surface area contributed by atoms with E-state index in [0.717, 1.165) is 39.1 Å². The van der Waals surface area contributed by atoms with Crippen molar-refractivity contribution >= 4 is 40.3 Å². The Morgan fingerprint density at radius 2 is 2.00 bits per heavy atom. The molecule has 0 saturated carbocycles. The molecule has 0 bridgehead atoms. The topological polar surface area (TPSA) is 104 Å². The van der Waals surface area contributed by atoms with E-state index in [-0.39, 0.29) is 13.2 Å². The summed E-state index contributed by atoms with van der Waals surface area (Å²) >= 11 is 0. The molecule has 0 fully saturated rings. The Balaban J connectivity index is 1.67. The molecule has 0 aliphatic carbocycles. The number of esters is 1. The number of nitrogens with one attached hydrogen (secondary N) is 1. The minimum Gasteiger partial charge on any atom is -0.465 e. The zero-order valence-corrected chi connectivity index (χ0v) is 18.6. The number of rotatable bonds is 8. The monoisotopic (exact) mass is 444 g/mol. The van der Waals surface area contributed by atoms with Gasteiger partial charge in [-0.15, -0.1) is 0 Å². The minimum atomic E-state index is -0.465. The molecule has 168 valence electrons. The minimum absolute atomic E-state index is 0.166. The van der Waals surface area contributed by atoms with Gasteiger partial charge in [-0.1, -0.05) is 12.1 Å². The lowest BCUT2D eigenvalue weighted by molar-refractivity contribution is -0.141. The number of nitrogens with zero attached hydrogens (tertiary/aromatic N) is 5. The van der Waals surface area contributed by atoms with Gasteiger partial charge in [0.2, 0.25) is 6.41 Å². The molecule has 0 unspecified atom stereocenters. The van der Waals surface area contributed by atoms with Gasteiger partial charge in [0, 0.05) is 24.2 Å². The number of H-pyrrole nitrogens is 1.